The minimum Gasteiger partial charge on any atom is -0.484 e. The lowest BCUT2D eigenvalue weighted by atomic mass is 10.2. The Morgan fingerprint density at radius 3 is 2.57 bits per heavy atom. The lowest BCUT2D eigenvalue weighted by molar-refractivity contribution is 0.289. The van der Waals surface area contributed by atoms with Gasteiger partial charge in [-0.3, -0.25) is 4.57 Å². The van der Waals surface area contributed by atoms with Gasteiger partial charge in [-0.1, -0.05) is 64.8 Å². The van der Waals surface area contributed by atoms with Crippen molar-refractivity contribution in [2.45, 2.75) is 31.0 Å². The van der Waals surface area contributed by atoms with Gasteiger partial charge in [-0.2, -0.15) is 0 Å². The first-order valence-corrected chi connectivity index (χ1v) is 10.6. The number of aryl methyl sites for hydroxylation is 1. The van der Waals surface area contributed by atoms with E-state index in [9.17, 15) is 0 Å². The van der Waals surface area contributed by atoms with E-state index in [1.807, 2.05) is 47.9 Å². The number of hydrogen-bond donors (Lipinski definition) is 0. The van der Waals surface area contributed by atoms with Crippen molar-refractivity contribution in [3.05, 3.63) is 81.1 Å². The molecule has 0 N–H and O–H groups in total. The molecule has 28 heavy (non-hydrogen) atoms. The molecule has 0 saturated carbocycles. The lowest BCUT2D eigenvalue weighted by Gasteiger charge is -2.11. The van der Waals surface area contributed by atoms with Crippen molar-refractivity contribution in [2.24, 2.45) is 0 Å². The van der Waals surface area contributed by atoms with Gasteiger partial charge in [0.05, 0.1) is 5.02 Å². The molecule has 0 atom stereocenters. The Balaban J connectivity index is 1.76. The summed E-state index contributed by atoms with van der Waals surface area (Å²) in [6, 6.07) is 11.1. The molecule has 0 amide bonds. The Bertz CT molecular complexity index is 971. The fourth-order valence-electron chi connectivity index (χ4n) is 2.52. The summed E-state index contributed by atoms with van der Waals surface area (Å²) in [6.07, 6.45) is 1.79. The van der Waals surface area contributed by atoms with Crippen LogP contribution in [0.4, 0.5) is 0 Å². The molecular formula is C20H18Cl3N3OS. The second-order valence-electron chi connectivity index (χ2n) is 6.01. The van der Waals surface area contributed by atoms with Crippen LogP contribution in [0.2, 0.25) is 15.1 Å². The molecule has 0 fully saturated rings. The van der Waals surface area contributed by atoms with Crippen LogP contribution in [0, 0.1) is 6.92 Å². The Labute approximate surface area is 183 Å². The van der Waals surface area contributed by atoms with Gasteiger partial charge in [0.15, 0.2) is 11.0 Å². The third-order valence-corrected chi connectivity index (χ3v) is 5.97. The fourth-order valence-corrected chi connectivity index (χ4v) is 4.40. The molecule has 0 aliphatic rings. The lowest BCUT2D eigenvalue weighted by Crippen LogP contribution is -2.08. The van der Waals surface area contributed by atoms with Crippen molar-refractivity contribution in [3.63, 3.8) is 0 Å². The molecule has 0 unspecified atom stereocenters. The Hall–Kier alpha value is -1.66. The van der Waals surface area contributed by atoms with E-state index < -0.39 is 0 Å². The van der Waals surface area contributed by atoms with Gasteiger partial charge in [-0.25, -0.2) is 0 Å². The third-order valence-electron chi connectivity index (χ3n) is 3.96. The average molecular weight is 455 g/mol. The molecule has 146 valence electrons. The molecule has 0 aliphatic carbocycles. The Kier molecular flexibility index (Phi) is 7.30. The quantitative estimate of drug-likeness (QED) is 0.284. The molecule has 3 aromatic rings. The maximum absolute atomic E-state index is 6.26. The highest BCUT2D eigenvalue weighted by Crippen LogP contribution is 2.31. The van der Waals surface area contributed by atoms with Crippen LogP contribution in [0.5, 0.6) is 5.75 Å². The molecular weight excluding hydrogens is 437 g/mol. The van der Waals surface area contributed by atoms with Crippen molar-refractivity contribution < 1.29 is 4.74 Å². The Morgan fingerprint density at radius 2 is 1.86 bits per heavy atom. The molecule has 0 saturated heterocycles. The number of aromatic nitrogens is 3. The molecule has 3 rings (SSSR count). The molecule has 0 aliphatic heterocycles. The number of ether oxygens (including phenoxy) is 1. The first-order chi connectivity index (χ1) is 13.5. The van der Waals surface area contributed by atoms with Crippen molar-refractivity contribution in [1.82, 2.24) is 14.8 Å². The number of nitrogens with zero attached hydrogens (tertiary/aromatic N) is 3. The summed E-state index contributed by atoms with van der Waals surface area (Å²) < 4.78 is 7.81. The molecule has 0 radical (unpaired) electrons. The summed E-state index contributed by atoms with van der Waals surface area (Å²) in [5, 5.41) is 11.1. The van der Waals surface area contributed by atoms with Crippen LogP contribution in [-0.4, -0.2) is 14.8 Å². The fraction of sp³-hybridized carbons (Fsp3) is 0.200. The average Bonchev–Trinajstić information content (AvgIpc) is 3.04. The van der Waals surface area contributed by atoms with E-state index in [0.29, 0.717) is 38.9 Å². The second kappa shape index (κ2) is 9.70. The highest BCUT2D eigenvalue weighted by atomic mass is 35.5. The van der Waals surface area contributed by atoms with Crippen LogP contribution in [0.3, 0.4) is 0 Å². The van der Waals surface area contributed by atoms with Gasteiger partial charge in [-0.05, 0) is 42.3 Å². The maximum atomic E-state index is 6.26. The zero-order chi connectivity index (χ0) is 20.1. The molecule has 0 bridgehead atoms. The number of thioether (sulfide) groups is 1. The summed E-state index contributed by atoms with van der Waals surface area (Å²) in [7, 11) is 0. The molecule has 2 aromatic carbocycles. The number of benzene rings is 2. The number of halogens is 3. The van der Waals surface area contributed by atoms with Crippen molar-refractivity contribution in [1.29, 1.82) is 0 Å². The van der Waals surface area contributed by atoms with Crippen molar-refractivity contribution >= 4 is 46.6 Å². The van der Waals surface area contributed by atoms with Crippen LogP contribution in [0.15, 0.2) is 54.2 Å². The molecule has 0 spiro atoms. The van der Waals surface area contributed by atoms with Gasteiger partial charge >= 0.3 is 0 Å². The van der Waals surface area contributed by atoms with E-state index in [2.05, 4.69) is 16.8 Å². The van der Waals surface area contributed by atoms with Crippen LogP contribution >= 0.6 is 46.6 Å². The van der Waals surface area contributed by atoms with Gasteiger partial charge in [0.2, 0.25) is 0 Å². The van der Waals surface area contributed by atoms with E-state index in [-0.39, 0.29) is 6.61 Å². The Morgan fingerprint density at radius 1 is 1.11 bits per heavy atom. The van der Waals surface area contributed by atoms with Crippen LogP contribution in [-0.2, 0) is 18.9 Å². The van der Waals surface area contributed by atoms with E-state index in [1.54, 1.807) is 6.08 Å². The number of allylic oxidation sites excluding steroid dienone is 1. The molecule has 1 heterocycles. The first kappa shape index (κ1) is 21.1. The smallest absolute Gasteiger partial charge is 0.191 e. The highest BCUT2D eigenvalue weighted by Gasteiger charge is 2.15. The van der Waals surface area contributed by atoms with Crippen LogP contribution < -0.4 is 4.74 Å². The first-order valence-electron chi connectivity index (χ1n) is 8.47. The van der Waals surface area contributed by atoms with Gasteiger partial charge < -0.3 is 4.74 Å². The van der Waals surface area contributed by atoms with E-state index in [0.717, 1.165) is 16.3 Å². The van der Waals surface area contributed by atoms with E-state index in [4.69, 9.17) is 39.5 Å². The minimum absolute atomic E-state index is 0.247. The predicted molar refractivity (Wildman–Crippen MR) is 117 cm³/mol. The van der Waals surface area contributed by atoms with Crippen LogP contribution in [0.25, 0.3) is 0 Å². The monoisotopic (exact) mass is 453 g/mol. The van der Waals surface area contributed by atoms with Crippen molar-refractivity contribution in [3.8, 4) is 5.75 Å². The van der Waals surface area contributed by atoms with E-state index in [1.165, 1.54) is 11.8 Å². The predicted octanol–water partition coefficient (Wildman–Crippen LogP) is 6.60. The van der Waals surface area contributed by atoms with Gasteiger partial charge in [-0.15, -0.1) is 16.8 Å². The number of rotatable bonds is 8. The van der Waals surface area contributed by atoms with Gasteiger partial charge in [0, 0.05) is 22.3 Å². The molecule has 4 nitrogen and oxygen atoms in total. The van der Waals surface area contributed by atoms with Crippen LogP contribution in [0.1, 0.15) is 17.0 Å². The summed E-state index contributed by atoms with van der Waals surface area (Å²) in [4.78, 5) is 0. The summed E-state index contributed by atoms with van der Waals surface area (Å²) in [5.41, 5.74) is 1.94. The molecule has 8 heteroatoms. The second-order valence-corrected chi connectivity index (χ2v) is 8.17. The zero-order valence-corrected chi connectivity index (χ0v) is 18.2. The SMILES string of the molecule is C=CCn1c(COc2cc(C)ccc2Cl)nnc1SCc1c(Cl)cccc1Cl. The van der Waals surface area contributed by atoms with E-state index >= 15 is 0 Å². The normalized spacial score (nSPS) is 10.9. The minimum atomic E-state index is 0.247. The molecule has 1 aromatic heterocycles. The van der Waals surface area contributed by atoms with Gasteiger partial charge in [0.1, 0.15) is 12.4 Å². The summed E-state index contributed by atoms with van der Waals surface area (Å²) in [6.45, 7) is 6.61. The third kappa shape index (κ3) is 5.03. The zero-order valence-electron chi connectivity index (χ0n) is 15.2. The maximum Gasteiger partial charge on any atom is 0.191 e. The summed E-state index contributed by atoms with van der Waals surface area (Å²) >= 11 is 20.2. The number of hydrogen-bond acceptors (Lipinski definition) is 4. The topological polar surface area (TPSA) is 39.9 Å². The highest BCUT2D eigenvalue weighted by molar-refractivity contribution is 7.98. The van der Waals surface area contributed by atoms with Crippen molar-refractivity contribution in [2.75, 3.05) is 0 Å². The largest absolute Gasteiger partial charge is 0.484 e. The standard InChI is InChI=1S/C20H18Cl3N3OS/c1-3-9-26-19(11-27-18-10-13(2)7-8-17(18)23)24-25-20(26)28-12-14-15(21)5-4-6-16(14)22/h3-8,10H,1,9,11-12H2,2H3. The van der Waals surface area contributed by atoms with Gasteiger partial charge in [0.25, 0.3) is 0 Å². The summed E-state index contributed by atoms with van der Waals surface area (Å²) in [5.74, 6) is 1.88.